The third-order valence-corrected chi connectivity index (χ3v) is 6.93. The molecule has 0 aliphatic heterocycles. The molecule has 18 heteroatoms. The van der Waals surface area contributed by atoms with Gasteiger partial charge in [0.25, 0.3) is 5.69 Å². The summed E-state index contributed by atoms with van der Waals surface area (Å²) < 4.78 is 0. The Hall–Kier alpha value is -7.76. The third-order valence-electron chi connectivity index (χ3n) is 6.93. The molecule has 0 atom stereocenters. The zero-order valence-corrected chi connectivity index (χ0v) is 32.5. The monoisotopic (exact) mass is 794 g/mol. The number of carbonyl (C=O) groups is 1. The lowest BCUT2D eigenvalue weighted by Crippen LogP contribution is -2.36. The van der Waals surface area contributed by atoms with Crippen molar-refractivity contribution in [1.82, 2.24) is 0 Å². The van der Waals surface area contributed by atoms with Crippen LogP contribution in [0.1, 0.15) is 51.9 Å². The molecule has 0 bridgehead atoms. The summed E-state index contributed by atoms with van der Waals surface area (Å²) in [4.78, 5) is 64.3. The van der Waals surface area contributed by atoms with E-state index in [2.05, 4.69) is 15.5 Å². The Kier molecular flexibility index (Phi) is 17.6. The molecule has 18 nitrogen and oxygen atoms in total. The zero-order valence-electron chi connectivity index (χ0n) is 32.5. The van der Waals surface area contributed by atoms with Crippen molar-refractivity contribution in [1.29, 1.82) is 0 Å². The largest absolute Gasteiger partial charge is 0.411 e. The van der Waals surface area contributed by atoms with Gasteiger partial charge in [-0.1, -0.05) is 105 Å². The zero-order chi connectivity index (χ0) is 43.5. The number of aldehydes is 1. The normalized spacial score (nSPS) is 10.5. The second kappa shape index (κ2) is 22.0. The van der Waals surface area contributed by atoms with Gasteiger partial charge in [0.05, 0.1) is 49.5 Å². The summed E-state index contributed by atoms with van der Waals surface area (Å²) >= 11 is 0. The minimum absolute atomic E-state index is 0.00868. The number of non-ortho nitro benzene ring substituents is 1. The Labute approximate surface area is 333 Å². The summed E-state index contributed by atoms with van der Waals surface area (Å²) in [5.74, 6) is 0. The van der Waals surface area contributed by atoms with Gasteiger partial charge in [0.15, 0.2) is 0 Å². The lowest BCUT2D eigenvalue weighted by atomic mass is 10.00. The van der Waals surface area contributed by atoms with E-state index in [1.807, 2.05) is 39.0 Å². The molecule has 0 fully saturated rings. The fraction of sp³-hybridized carbons (Fsp3) is 0.200. The van der Waals surface area contributed by atoms with Crippen LogP contribution < -0.4 is 10.0 Å². The highest BCUT2D eigenvalue weighted by molar-refractivity contribution is 5.91. The summed E-state index contributed by atoms with van der Waals surface area (Å²) in [5.41, 5.74) is -2.32. The molecule has 0 saturated carbocycles. The molecular formula is C40H42N8O10. The minimum atomic E-state index is -0.957. The van der Waals surface area contributed by atoms with Gasteiger partial charge in [-0.25, -0.2) is 10.0 Å². The number of nitrogens with zero attached hydrogens (tertiary/aromatic N) is 8. The van der Waals surface area contributed by atoms with E-state index in [0.717, 1.165) is 16.9 Å². The number of hydrogen-bond donors (Lipinski definition) is 1. The molecule has 0 spiro atoms. The van der Waals surface area contributed by atoms with Crippen LogP contribution in [0.2, 0.25) is 0 Å². The van der Waals surface area contributed by atoms with Gasteiger partial charge in [-0.05, 0) is 62.3 Å². The van der Waals surface area contributed by atoms with Crippen LogP contribution in [0.15, 0.2) is 143 Å². The van der Waals surface area contributed by atoms with E-state index in [9.17, 15) is 45.0 Å². The summed E-state index contributed by atoms with van der Waals surface area (Å²) in [6, 6.07) is 33.0. The van der Waals surface area contributed by atoms with Crippen molar-refractivity contribution in [3.8, 4) is 0 Å². The number of rotatable bonds is 10. The number of para-hydroxylation sites is 3. The third kappa shape index (κ3) is 14.5. The number of nitroso groups, excluding NO2 is 2. The number of hydrogen-bond acceptors (Lipinski definition) is 15. The maximum atomic E-state index is 12.2. The van der Waals surface area contributed by atoms with Crippen molar-refractivity contribution in [3.63, 3.8) is 0 Å². The summed E-state index contributed by atoms with van der Waals surface area (Å²) in [6.45, 7) is 11.2. The van der Waals surface area contributed by atoms with Crippen molar-refractivity contribution < 1.29 is 24.8 Å². The molecule has 0 aromatic heterocycles. The molecule has 0 aliphatic rings. The highest BCUT2D eigenvalue weighted by atomic mass is 16.6. The highest BCUT2D eigenvalue weighted by Crippen LogP contribution is 2.49. The molecule has 0 saturated heterocycles. The first-order valence-electron chi connectivity index (χ1n) is 17.2. The fourth-order valence-corrected chi connectivity index (χ4v) is 4.46. The molecule has 0 aliphatic carbocycles. The number of carbonyl (C=O) groups excluding carboxylic acids is 1. The average molecular weight is 795 g/mol. The van der Waals surface area contributed by atoms with Gasteiger partial charge in [-0.2, -0.15) is 4.91 Å². The predicted molar refractivity (Wildman–Crippen MR) is 223 cm³/mol. The van der Waals surface area contributed by atoms with Gasteiger partial charge >= 0.3 is 11.4 Å². The maximum absolute atomic E-state index is 12.2. The van der Waals surface area contributed by atoms with Gasteiger partial charge in [-0.15, -0.1) is 10.1 Å². The molecule has 0 amide bonds. The minimum Gasteiger partial charge on any atom is -0.411 e. The lowest BCUT2D eigenvalue weighted by molar-refractivity contribution is -0.402. The second-order valence-corrected chi connectivity index (χ2v) is 13.9. The molecule has 1 N–H and O–H groups in total. The van der Waals surface area contributed by atoms with Crippen LogP contribution in [0, 0.1) is 45.6 Å². The SMILES string of the molecule is CC(C)(C)C=NO.CC(C)(C)N=O.O=Cc1ccccc1.O=Nc1ccccc1N(c1c([N+](=O)[O-])cc([N+](=O)[O-])cc1[N+](=O)[O-])N(c1ccccc1)c1ccccc1. The summed E-state index contributed by atoms with van der Waals surface area (Å²) in [5, 5.41) is 55.0. The lowest BCUT2D eigenvalue weighted by Gasteiger charge is -2.37. The molecule has 0 unspecified atom stereocenters. The molecule has 0 radical (unpaired) electrons. The molecule has 302 valence electrons. The van der Waals surface area contributed by atoms with Gasteiger partial charge in [0.1, 0.15) is 12.0 Å². The van der Waals surface area contributed by atoms with Gasteiger partial charge < -0.3 is 5.21 Å². The molecule has 0 heterocycles. The first-order chi connectivity index (χ1) is 27.4. The molecule has 5 aromatic rings. The van der Waals surface area contributed by atoms with Gasteiger partial charge in [-0.3, -0.25) is 35.1 Å². The van der Waals surface area contributed by atoms with E-state index >= 15 is 0 Å². The van der Waals surface area contributed by atoms with E-state index in [4.69, 9.17) is 5.21 Å². The van der Waals surface area contributed by atoms with Crippen molar-refractivity contribution in [2.24, 2.45) is 20.9 Å². The number of nitro benzene ring substituents is 3. The first-order valence-corrected chi connectivity index (χ1v) is 17.2. The standard InChI is InChI=1S/C24H16N6O7.C7H6O.C5H11NO.C4H9NO/c31-25-20-13-7-8-14-21(20)27(26(17-9-3-1-4-10-17)18-11-5-2-6-12-18)24-22(29(34)35)15-19(28(32)33)16-23(24)30(36)37;8-6-7-4-2-1-3-5-7;1-5(2,3)4-6-7;1-4(2,3)5-6/h1-16H;1-6H;4,7H,1-3H3;1-3H3. The summed E-state index contributed by atoms with van der Waals surface area (Å²) in [7, 11) is 0. The van der Waals surface area contributed by atoms with Gasteiger partial charge in [0, 0.05) is 17.2 Å². The Morgan fingerprint density at radius 3 is 1.34 bits per heavy atom. The molecule has 58 heavy (non-hydrogen) atoms. The quantitative estimate of drug-likeness (QED) is 0.0346. The predicted octanol–water partition coefficient (Wildman–Crippen LogP) is 11.2. The fourth-order valence-electron chi connectivity index (χ4n) is 4.46. The maximum Gasteiger partial charge on any atom is 0.308 e. The summed E-state index contributed by atoms with van der Waals surface area (Å²) in [6.07, 6.45) is 2.33. The number of nitro groups is 3. The van der Waals surface area contributed by atoms with Gasteiger partial charge in [0.2, 0.25) is 5.69 Å². The van der Waals surface area contributed by atoms with Crippen LogP contribution in [0.5, 0.6) is 0 Å². The molecule has 5 rings (SSSR count). The van der Waals surface area contributed by atoms with Crippen LogP contribution in [0.3, 0.4) is 0 Å². The van der Waals surface area contributed by atoms with Crippen molar-refractivity contribution in [3.05, 3.63) is 173 Å². The molecule has 5 aromatic carbocycles. The Morgan fingerprint density at radius 2 is 1.03 bits per heavy atom. The number of hydrazine groups is 1. The van der Waals surface area contributed by atoms with Crippen LogP contribution in [-0.2, 0) is 0 Å². The van der Waals surface area contributed by atoms with E-state index in [0.29, 0.717) is 23.5 Å². The number of benzene rings is 5. The van der Waals surface area contributed by atoms with E-state index in [1.165, 1.54) is 35.5 Å². The van der Waals surface area contributed by atoms with Crippen LogP contribution in [0.4, 0.5) is 45.5 Å². The first kappa shape index (κ1) is 46.4. The van der Waals surface area contributed by atoms with Crippen molar-refractivity contribution in [2.45, 2.75) is 47.1 Å². The van der Waals surface area contributed by atoms with E-state index in [1.54, 1.807) is 93.6 Å². The Bertz CT molecular complexity index is 2100. The van der Waals surface area contributed by atoms with E-state index < -0.39 is 37.5 Å². The van der Waals surface area contributed by atoms with Crippen molar-refractivity contribution >= 4 is 58.0 Å². The van der Waals surface area contributed by atoms with Crippen LogP contribution in [-0.4, -0.2) is 38.0 Å². The average Bonchev–Trinajstić information content (AvgIpc) is 3.20. The Morgan fingerprint density at radius 1 is 0.621 bits per heavy atom. The van der Waals surface area contributed by atoms with E-state index in [-0.39, 0.29) is 22.3 Å². The second-order valence-electron chi connectivity index (χ2n) is 13.9. The van der Waals surface area contributed by atoms with Crippen LogP contribution in [0.25, 0.3) is 0 Å². The topological polar surface area (TPSA) is 244 Å². The number of oxime groups is 1. The molecular weight excluding hydrogens is 752 g/mol. The van der Waals surface area contributed by atoms with Crippen LogP contribution >= 0.6 is 0 Å². The highest BCUT2D eigenvalue weighted by Gasteiger charge is 2.39. The Balaban J connectivity index is 0.000000448. The smallest absolute Gasteiger partial charge is 0.308 e. The van der Waals surface area contributed by atoms with Crippen molar-refractivity contribution in [2.75, 3.05) is 10.0 Å². The number of anilines is 4.